The molecule has 3 N–H and O–H groups in total. The van der Waals surface area contributed by atoms with Crippen molar-refractivity contribution in [1.82, 2.24) is 4.72 Å². The third-order valence-electron chi connectivity index (χ3n) is 1.88. The third-order valence-corrected chi connectivity index (χ3v) is 2.86. The summed E-state index contributed by atoms with van der Waals surface area (Å²) in [7, 11) is -3.48. The van der Waals surface area contributed by atoms with E-state index < -0.39 is 16.1 Å². The molecule has 7 heteroatoms. The molecule has 1 aromatic carbocycles. The second kappa shape index (κ2) is 5.46. The molecule has 0 atom stereocenters. The average Bonchev–Trinajstić information content (AvgIpc) is 2.26. The van der Waals surface area contributed by atoms with E-state index in [-0.39, 0.29) is 6.54 Å². The van der Waals surface area contributed by atoms with Crippen LogP contribution in [-0.4, -0.2) is 19.6 Å². The van der Waals surface area contributed by atoms with Crippen molar-refractivity contribution in [1.29, 1.82) is 0 Å². The van der Waals surface area contributed by atoms with E-state index in [9.17, 15) is 13.2 Å². The van der Waals surface area contributed by atoms with Gasteiger partial charge in [0.1, 0.15) is 0 Å². The predicted molar refractivity (Wildman–Crippen MR) is 64.0 cm³/mol. The van der Waals surface area contributed by atoms with Gasteiger partial charge in [-0.15, -0.1) is 0 Å². The number of sulfonamides is 1. The molecule has 6 nitrogen and oxygen atoms in total. The second-order valence-corrected chi connectivity index (χ2v) is 4.88. The monoisotopic (exact) mass is 256 g/mol. The Morgan fingerprint density at radius 1 is 1.47 bits per heavy atom. The first-order valence-corrected chi connectivity index (χ1v) is 6.18. The van der Waals surface area contributed by atoms with Crippen molar-refractivity contribution in [3.63, 3.8) is 0 Å². The summed E-state index contributed by atoms with van der Waals surface area (Å²) in [5, 5.41) is 11.5. The molecule has 0 fully saturated rings. The molecule has 0 saturated heterocycles. The molecule has 0 aliphatic rings. The van der Waals surface area contributed by atoms with Crippen molar-refractivity contribution in [2.75, 3.05) is 5.32 Å². The first-order chi connectivity index (χ1) is 7.93. The van der Waals surface area contributed by atoms with Gasteiger partial charge in [0.05, 0.1) is 0 Å². The molecule has 0 unspecified atom stereocenters. The zero-order chi connectivity index (χ0) is 12.9. The number of rotatable bonds is 5. The summed E-state index contributed by atoms with van der Waals surface area (Å²) in [5.41, 5.74) is 1.02. The lowest BCUT2D eigenvalue weighted by Crippen LogP contribution is -2.20. The SMILES string of the molecule is C=CS(=O)(=O)NCc1cccc(NC(=O)O)c1. The molecular formula is C10H12N2O4S. The van der Waals surface area contributed by atoms with E-state index in [1.807, 2.05) is 0 Å². The van der Waals surface area contributed by atoms with Crippen LogP contribution in [0, 0.1) is 0 Å². The minimum absolute atomic E-state index is 0.0729. The van der Waals surface area contributed by atoms with Crippen molar-refractivity contribution in [3.05, 3.63) is 41.8 Å². The number of carboxylic acid groups (broad SMARTS) is 1. The van der Waals surface area contributed by atoms with E-state index in [4.69, 9.17) is 5.11 Å². The van der Waals surface area contributed by atoms with Gasteiger partial charge in [0.2, 0.25) is 10.0 Å². The quantitative estimate of drug-likeness (QED) is 0.740. The minimum Gasteiger partial charge on any atom is -0.465 e. The Bertz CT molecular complexity index is 525. The first-order valence-electron chi connectivity index (χ1n) is 4.64. The van der Waals surface area contributed by atoms with Crippen LogP contribution in [0.4, 0.5) is 10.5 Å². The summed E-state index contributed by atoms with van der Waals surface area (Å²) in [5.74, 6) is 0. The van der Waals surface area contributed by atoms with Crippen LogP contribution in [0.1, 0.15) is 5.56 Å². The fourth-order valence-electron chi connectivity index (χ4n) is 1.13. The standard InChI is InChI=1S/C10H12N2O4S/c1-2-17(15,16)11-7-8-4-3-5-9(6-8)12-10(13)14/h2-6,11-12H,1,7H2,(H,13,14). The largest absolute Gasteiger partial charge is 0.465 e. The number of nitrogens with one attached hydrogen (secondary N) is 2. The topological polar surface area (TPSA) is 95.5 Å². The van der Waals surface area contributed by atoms with E-state index in [0.717, 1.165) is 5.41 Å². The van der Waals surface area contributed by atoms with E-state index in [2.05, 4.69) is 16.6 Å². The Balaban J connectivity index is 2.72. The Hall–Kier alpha value is -1.86. The third kappa shape index (κ3) is 4.66. The number of hydrogen-bond donors (Lipinski definition) is 3. The molecule has 1 rings (SSSR count). The van der Waals surface area contributed by atoms with Gasteiger partial charge in [0.15, 0.2) is 0 Å². The lowest BCUT2D eigenvalue weighted by atomic mass is 10.2. The van der Waals surface area contributed by atoms with Crippen LogP contribution in [0.15, 0.2) is 36.3 Å². The molecule has 92 valence electrons. The van der Waals surface area contributed by atoms with Gasteiger partial charge in [0.25, 0.3) is 0 Å². The van der Waals surface area contributed by atoms with E-state index in [1.54, 1.807) is 24.3 Å². The highest BCUT2D eigenvalue weighted by Crippen LogP contribution is 2.10. The first kappa shape index (κ1) is 13.2. The van der Waals surface area contributed by atoms with Gasteiger partial charge in [-0.05, 0) is 17.7 Å². The molecule has 1 amide bonds. The molecule has 0 aliphatic heterocycles. The van der Waals surface area contributed by atoms with Crippen LogP contribution in [0.25, 0.3) is 0 Å². The highest BCUT2D eigenvalue weighted by atomic mass is 32.2. The Labute approximate surface area is 99.0 Å². The summed E-state index contributed by atoms with van der Waals surface area (Å²) in [6.45, 7) is 3.23. The molecule has 0 aromatic heterocycles. The van der Waals surface area contributed by atoms with E-state index in [1.165, 1.54) is 0 Å². The lowest BCUT2D eigenvalue weighted by Gasteiger charge is -2.05. The van der Waals surface area contributed by atoms with Crippen LogP contribution in [0.5, 0.6) is 0 Å². The summed E-state index contributed by atoms with van der Waals surface area (Å²) in [4.78, 5) is 10.4. The molecule has 0 radical (unpaired) electrons. The lowest BCUT2D eigenvalue weighted by molar-refractivity contribution is 0.209. The summed E-state index contributed by atoms with van der Waals surface area (Å²) >= 11 is 0. The fraction of sp³-hybridized carbons (Fsp3) is 0.100. The van der Waals surface area contributed by atoms with Gasteiger partial charge in [0, 0.05) is 17.6 Å². The Kier molecular flexibility index (Phi) is 4.24. The maximum atomic E-state index is 11.1. The van der Waals surface area contributed by atoms with Crippen molar-refractivity contribution >= 4 is 21.8 Å². The minimum atomic E-state index is -3.48. The maximum Gasteiger partial charge on any atom is 0.409 e. The number of carbonyl (C=O) groups is 1. The normalized spacial score (nSPS) is 10.8. The van der Waals surface area contributed by atoms with E-state index >= 15 is 0 Å². The van der Waals surface area contributed by atoms with Crippen molar-refractivity contribution in [2.45, 2.75) is 6.54 Å². The Morgan fingerprint density at radius 2 is 2.18 bits per heavy atom. The molecule has 17 heavy (non-hydrogen) atoms. The van der Waals surface area contributed by atoms with Crippen molar-refractivity contribution < 1.29 is 18.3 Å². The zero-order valence-corrected chi connectivity index (χ0v) is 9.70. The van der Waals surface area contributed by atoms with Gasteiger partial charge in [-0.25, -0.2) is 17.9 Å². The summed E-state index contributed by atoms with van der Waals surface area (Å²) in [6.07, 6.45) is -1.17. The van der Waals surface area contributed by atoms with Gasteiger partial charge in [-0.1, -0.05) is 18.7 Å². The molecular weight excluding hydrogens is 244 g/mol. The van der Waals surface area contributed by atoms with Crippen LogP contribution in [-0.2, 0) is 16.6 Å². The molecule has 0 saturated carbocycles. The second-order valence-electron chi connectivity index (χ2n) is 3.16. The molecule has 0 heterocycles. The molecule has 0 bridgehead atoms. The fourth-order valence-corrected chi connectivity index (χ4v) is 1.61. The van der Waals surface area contributed by atoms with Crippen molar-refractivity contribution in [3.8, 4) is 0 Å². The number of amides is 1. The van der Waals surface area contributed by atoms with Crippen LogP contribution >= 0.6 is 0 Å². The van der Waals surface area contributed by atoms with Gasteiger partial charge in [-0.3, -0.25) is 5.32 Å². The molecule has 0 spiro atoms. The van der Waals surface area contributed by atoms with Crippen LogP contribution < -0.4 is 10.0 Å². The smallest absolute Gasteiger partial charge is 0.409 e. The number of hydrogen-bond acceptors (Lipinski definition) is 3. The van der Waals surface area contributed by atoms with Gasteiger partial charge in [-0.2, -0.15) is 0 Å². The number of anilines is 1. The summed E-state index contributed by atoms with van der Waals surface area (Å²) in [6, 6.07) is 6.42. The number of benzene rings is 1. The Morgan fingerprint density at radius 3 is 2.76 bits per heavy atom. The summed E-state index contributed by atoms with van der Waals surface area (Å²) < 4.78 is 24.5. The van der Waals surface area contributed by atoms with Gasteiger partial charge < -0.3 is 5.11 Å². The average molecular weight is 256 g/mol. The van der Waals surface area contributed by atoms with Crippen LogP contribution in [0.2, 0.25) is 0 Å². The molecule has 1 aromatic rings. The van der Waals surface area contributed by atoms with E-state index in [0.29, 0.717) is 11.3 Å². The maximum absolute atomic E-state index is 11.1. The highest BCUT2D eigenvalue weighted by Gasteiger charge is 2.04. The highest BCUT2D eigenvalue weighted by molar-refractivity contribution is 7.92. The zero-order valence-electron chi connectivity index (χ0n) is 8.88. The van der Waals surface area contributed by atoms with Crippen LogP contribution in [0.3, 0.4) is 0 Å². The van der Waals surface area contributed by atoms with Crippen molar-refractivity contribution in [2.24, 2.45) is 0 Å². The molecule has 0 aliphatic carbocycles. The predicted octanol–water partition coefficient (Wildman–Crippen LogP) is 1.34. The van der Waals surface area contributed by atoms with Gasteiger partial charge >= 0.3 is 6.09 Å².